The number of hydrogen-bond donors (Lipinski definition) is 0. The van der Waals surface area contributed by atoms with E-state index < -0.39 is 0 Å². The Balaban J connectivity index is 1.50. The molecule has 0 amide bonds. The minimum absolute atomic E-state index is 0.268. The number of fused-ring (bicyclic) bond motifs is 10. The van der Waals surface area contributed by atoms with Gasteiger partial charge in [-0.2, -0.15) is 13.7 Å². The summed E-state index contributed by atoms with van der Waals surface area (Å²) in [6.45, 7) is 0. The van der Waals surface area contributed by atoms with Crippen LogP contribution in [0, 0.1) is 5.92 Å². The largest absolute Gasteiger partial charge is 0.300 e. The van der Waals surface area contributed by atoms with E-state index in [-0.39, 0.29) is 5.66 Å². The van der Waals surface area contributed by atoms with Crippen molar-refractivity contribution < 1.29 is 9.13 Å². The molecule has 38 heavy (non-hydrogen) atoms. The average Bonchev–Trinajstić information content (AvgIpc) is 3.71. The lowest BCUT2D eigenvalue weighted by Gasteiger charge is -2.40. The van der Waals surface area contributed by atoms with Crippen LogP contribution in [0.2, 0.25) is 0 Å². The van der Waals surface area contributed by atoms with Gasteiger partial charge in [-0.05, 0) is 60.7 Å². The minimum atomic E-state index is -0.268. The van der Waals surface area contributed by atoms with Crippen molar-refractivity contribution in [3.05, 3.63) is 108 Å². The molecule has 3 aromatic carbocycles. The van der Waals surface area contributed by atoms with Gasteiger partial charge in [0, 0.05) is 34.2 Å². The van der Waals surface area contributed by atoms with Gasteiger partial charge in [0.2, 0.25) is 5.82 Å². The van der Waals surface area contributed by atoms with E-state index in [9.17, 15) is 0 Å². The lowest BCUT2D eigenvalue weighted by Crippen LogP contribution is -2.81. The number of pyridine rings is 2. The Morgan fingerprint density at radius 1 is 0.658 bits per heavy atom. The normalized spacial score (nSPS) is 23.6. The summed E-state index contributed by atoms with van der Waals surface area (Å²) in [5.74, 6) is 3.67. The van der Waals surface area contributed by atoms with E-state index in [0.717, 1.165) is 0 Å². The molecule has 1 saturated carbocycles. The number of benzene rings is 3. The highest BCUT2D eigenvalue weighted by Gasteiger charge is 2.68. The molecule has 4 heteroatoms. The zero-order chi connectivity index (χ0) is 24.3. The number of aromatic nitrogens is 4. The van der Waals surface area contributed by atoms with Crippen LogP contribution in [0.5, 0.6) is 0 Å². The SMILES string of the molecule is c1cc2[n+]3c(c1)-n1c4ccccc4c4ccc[n+](c41)C31c3c(ccc4c5ccccc5n-2c34)C2CCCC21. The van der Waals surface area contributed by atoms with E-state index in [4.69, 9.17) is 0 Å². The second-order valence-electron chi connectivity index (χ2n) is 11.7. The highest BCUT2D eigenvalue weighted by Crippen LogP contribution is 2.60. The molecule has 4 nitrogen and oxygen atoms in total. The smallest absolute Gasteiger partial charge is 0.224 e. The fourth-order valence-corrected chi connectivity index (χ4v) is 9.33. The Morgan fingerprint density at radius 2 is 1.39 bits per heavy atom. The lowest BCUT2D eigenvalue weighted by atomic mass is 9.85. The topological polar surface area (TPSA) is 17.6 Å². The first kappa shape index (κ1) is 18.8. The van der Waals surface area contributed by atoms with Gasteiger partial charge in [0.15, 0.2) is 0 Å². The Bertz CT molecular complexity index is 2230. The maximum Gasteiger partial charge on any atom is 0.300 e. The van der Waals surface area contributed by atoms with Crippen LogP contribution in [0.15, 0.2) is 97.2 Å². The molecule has 11 rings (SSSR count). The van der Waals surface area contributed by atoms with Gasteiger partial charge in [-0.3, -0.25) is 0 Å². The molecule has 3 unspecified atom stereocenters. The van der Waals surface area contributed by atoms with Crippen LogP contribution in [0.1, 0.15) is 36.3 Å². The fraction of sp³-hybridized carbons (Fsp3) is 0.176. The van der Waals surface area contributed by atoms with E-state index in [1.54, 1.807) is 11.1 Å². The molecule has 7 aromatic rings. The van der Waals surface area contributed by atoms with Crippen molar-refractivity contribution in [2.24, 2.45) is 5.92 Å². The molecule has 0 N–H and O–H groups in total. The third-order valence-electron chi connectivity index (χ3n) is 10.4. The van der Waals surface area contributed by atoms with Crippen LogP contribution >= 0.6 is 0 Å². The molecule has 3 atom stereocenters. The zero-order valence-corrected chi connectivity index (χ0v) is 20.8. The maximum absolute atomic E-state index is 2.74. The quantitative estimate of drug-likeness (QED) is 0.225. The van der Waals surface area contributed by atoms with Crippen LogP contribution in [-0.4, -0.2) is 9.13 Å². The van der Waals surface area contributed by atoms with Gasteiger partial charge in [0.1, 0.15) is 16.6 Å². The van der Waals surface area contributed by atoms with Gasteiger partial charge in [0.25, 0.3) is 11.5 Å². The van der Waals surface area contributed by atoms with Crippen molar-refractivity contribution in [3.8, 4) is 11.6 Å². The van der Waals surface area contributed by atoms with E-state index in [0.29, 0.717) is 11.8 Å². The molecule has 178 valence electrons. The number of hydrogen-bond acceptors (Lipinski definition) is 0. The summed E-state index contributed by atoms with van der Waals surface area (Å²) >= 11 is 0. The summed E-state index contributed by atoms with van der Waals surface area (Å²) < 4.78 is 10.5. The van der Waals surface area contributed by atoms with Gasteiger partial charge in [-0.25, -0.2) is 4.57 Å². The molecule has 2 aliphatic carbocycles. The molecule has 0 saturated heterocycles. The summed E-state index contributed by atoms with van der Waals surface area (Å²) in [5, 5.41) is 5.40. The van der Waals surface area contributed by atoms with Crippen molar-refractivity contribution in [3.63, 3.8) is 0 Å². The predicted molar refractivity (Wildman–Crippen MR) is 148 cm³/mol. The second kappa shape index (κ2) is 5.83. The van der Waals surface area contributed by atoms with Crippen molar-refractivity contribution >= 4 is 43.7 Å². The Hall–Kier alpha value is -4.44. The number of para-hydroxylation sites is 2. The first-order valence-corrected chi connectivity index (χ1v) is 14.0. The van der Waals surface area contributed by atoms with Gasteiger partial charge < -0.3 is 0 Å². The standard InChI is InChI=1S/C34H24N4/c1-3-13-27-21(8-1)24-18-17-23-20-10-5-12-26(20)34-31(23)32(24)36(27)29-15-6-16-30(38(29)34)37-28-14-4-2-9-22(28)25-11-7-19-35(34)33(25)37/h1-4,6-9,11,13-20,26H,5,10,12H2/q+2. The van der Waals surface area contributed by atoms with Gasteiger partial charge in [-0.1, -0.05) is 48.9 Å². The maximum atomic E-state index is 2.74. The second-order valence-corrected chi connectivity index (χ2v) is 11.7. The molecule has 1 spiro atoms. The van der Waals surface area contributed by atoms with Crippen molar-refractivity contribution in [2.45, 2.75) is 30.8 Å². The first-order valence-electron chi connectivity index (χ1n) is 14.0. The van der Waals surface area contributed by atoms with Gasteiger partial charge >= 0.3 is 5.65 Å². The Kier molecular flexibility index (Phi) is 2.88. The summed E-state index contributed by atoms with van der Waals surface area (Å²) in [7, 11) is 0. The van der Waals surface area contributed by atoms with Crippen LogP contribution in [0.4, 0.5) is 0 Å². The fourth-order valence-electron chi connectivity index (χ4n) is 9.33. The molecule has 0 radical (unpaired) electrons. The molecule has 4 aliphatic rings. The lowest BCUT2D eigenvalue weighted by molar-refractivity contribution is -0.981. The third kappa shape index (κ3) is 1.68. The van der Waals surface area contributed by atoms with Crippen molar-refractivity contribution in [1.82, 2.24) is 9.13 Å². The highest BCUT2D eigenvalue weighted by atomic mass is 15.4. The monoisotopic (exact) mass is 488 g/mol. The highest BCUT2D eigenvalue weighted by molar-refractivity contribution is 6.11. The third-order valence-corrected chi connectivity index (χ3v) is 10.4. The summed E-state index contributed by atoms with van der Waals surface area (Å²) in [6.07, 6.45) is 6.22. The van der Waals surface area contributed by atoms with E-state index in [2.05, 4.69) is 115 Å². The molecule has 1 fully saturated rings. The zero-order valence-electron chi connectivity index (χ0n) is 20.8. The molecule has 4 aromatic heterocycles. The van der Waals surface area contributed by atoms with Crippen LogP contribution in [-0.2, 0) is 5.66 Å². The predicted octanol–water partition coefficient (Wildman–Crippen LogP) is 6.23. The number of nitrogens with zero attached hydrogens (tertiary/aromatic N) is 4. The Morgan fingerprint density at radius 3 is 2.26 bits per heavy atom. The van der Waals surface area contributed by atoms with E-state index in [1.165, 1.54) is 74.6 Å². The van der Waals surface area contributed by atoms with E-state index in [1.807, 2.05) is 0 Å². The van der Waals surface area contributed by atoms with Crippen LogP contribution < -0.4 is 9.13 Å². The van der Waals surface area contributed by atoms with Gasteiger partial charge in [-0.15, -0.1) is 0 Å². The van der Waals surface area contributed by atoms with Crippen LogP contribution in [0.25, 0.3) is 55.4 Å². The summed E-state index contributed by atoms with van der Waals surface area (Å²) in [6, 6.07) is 34.4. The van der Waals surface area contributed by atoms with E-state index >= 15 is 0 Å². The van der Waals surface area contributed by atoms with Crippen molar-refractivity contribution in [1.29, 1.82) is 0 Å². The first-order chi connectivity index (χ1) is 18.9. The molecule has 2 aliphatic heterocycles. The average molecular weight is 489 g/mol. The molecule has 0 bridgehead atoms. The molecular formula is C34H24N4+2. The van der Waals surface area contributed by atoms with Crippen LogP contribution in [0.3, 0.4) is 0 Å². The molecule has 6 heterocycles. The summed E-state index contributed by atoms with van der Waals surface area (Å²) in [4.78, 5) is 0. The number of rotatable bonds is 0. The minimum Gasteiger partial charge on any atom is -0.224 e. The Labute approximate surface area is 218 Å². The van der Waals surface area contributed by atoms with Gasteiger partial charge in [0.05, 0.1) is 17.1 Å². The molecular weight excluding hydrogens is 464 g/mol. The summed E-state index contributed by atoms with van der Waals surface area (Å²) in [5.41, 5.74) is 8.17. The van der Waals surface area contributed by atoms with Crippen molar-refractivity contribution in [2.75, 3.05) is 0 Å².